The van der Waals surface area contributed by atoms with E-state index >= 15 is 0 Å². The van der Waals surface area contributed by atoms with Crippen LogP contribution in [0.3, 0.4) is 0 Å². The lowest BCUT2D eigenvalue weighted by molar-refractivity contribution is -0.132. The fourth-order valence-electron chi connectivity index (χ4n) is 4.16. The molecule has 5 nitrogen and oxygen atoms in total. The van der Waals surface area contributed by atoms with Gasteiger partial charge in [0.25, 0.3) is 0 Å². The normalized spacial score (nSPS) is 11.6. The predicted octanol–water partition coefficient (Wildman–Crippen LogP) is 6.10. The number of rotatable bonds is 10. The molecule has 0 N–H and O–H groups in total. The van der Waals surface area contributed by atoms with Crippen molar-refractivity contribution in [3.8, 4) is 0 Å². The summed E-state index contributed by atoms with van der Waals surface area (Å²) in [6.07, 6.45) is 3.50. The topological polar surface area (TPSA) is 59.4 Å². The number of carbonyl (C=O) groups excluding carboxylic acids is 1. The number of hydrogen-bond donors (Lipinski definition) is 0. The molecule has 1 aromatic heterocycles. The van der Waals surface area contributed by atoms with Gasteiger partial charge in [0.05, 0.1) is 10.6 Å². The van der Waals surface area contributed by atoms with Crippen molar-refractivity contribution in [1.29, 1.82) is 0 Å². The number of unbranched alkanes of at least 4 members (excludes halogenated alkanes) is 1. The van der Waals surface area contributed by atoms with Crippen molar-refractivity contribution in [2.45, 2.75) is 43.5 Å². The number of halogens is 1. The van der Waals surface area contributed by atoms with Crippen molar-refractivity contribution in [2.24, 2.45) is 0 Å². The summed E-state index contributed by atoms with van der Waals surface area (Å²) in [7, 11) is -3.64. The van der Waals surface area contributed by atoms with E-state index in [0.29, 0.717) is 29.1 Å². The molecule has 0 aliphatic carbocycles. The molecule has 0 spiro atoms. The standard InChI is InChI=1S/C28H29ClN2O3S/c1-2-3-17-30(18-22-9-5-4-6-10-22)28(32)20-31-19-27(25-11-7-8-12-26(25)31)35(33,34)21-23-13-15-24(29)16-14-23/h4-16,19H,2-3,17-18,20-21H2,1H3. The quantitative estimate of drug-likeness (QED) is 0.260. The SMILES string of the molecule is CCCCN(Cc1ccccc1)C(=O)Cn1cc(S(=O)(=O)Cc2ccc(Cl)cc2)c2ccccc21. The molecule has 0 unspecified atom stereocenters. The minimum Gasteiger partial charge on any atom is -0.337 e. The highest BCUT2D eigenvalue weighted by Gasteiger charge is 2.23. The van der Waals surface area contributed by atoms with Crippen LogP contribution in [0, 0.1) is 0 Å². The van der Waals surface area contributed by atoms with Crippen LogP contribution in [0.25, 0.3) is 10.9 Å². The van der Waals surface area contributed by atoms with E-state index in [0.717, 1.165) is 23.9 Å². The molecule has 3 aromatic carbocycles. The maximum atomic E-state index is 13.4. The van der Waals surface area contributed by atoms with Crippen LogP contribution in [-0.2, 0) is 33.5 Å². The first-order chi connectivity index (χ1) is 16.9. The summed E-state index contributed by atoms with van der Waals surface area (Å²) in [5.74, 6) is -0.173. The van der Waals surface area contributed by atoms with Crippen molar-refractivity contribution in [3.63, 3.8) is 0 Å². The summed E-state index contributed by atoms with van der Waals surface area (Å²) in [6.45, 7) is 3.36. The highest BCUT2D eigenvalue weighted by molar-refractivity contribution is 7.90. The van der Waals surface area contributed by atoms with Crippen LogP contribution in [0.5, 0.6) is 0 Å². The highest BCUT2D eigenvalue weighted by Crippen LogP contribution is 2.28. The van der Waals surface area contributed by atoms with Gasteiger partial charge in [-0.2, -0.15) is 0 Å². The molecule has 182 valence electrons. The lowest BCUT2D eigenvalue weighted by atomic mass is 10.2. The van der Waals surface area contributed by atoms with Crippen LogP contribution in [0.15, 0.2) is 90.0 Å². The lowest BCUT2D eigenvalue weighted by Gasteiger charge is -2.23. The molecule has 4 rings (SSSR count). The first kappa shape index (κ1) is 25.0. The highest BCUT2D eigenvalue weighted by atomic mass is 35.5. The second-order valence-corrected chi connectivity index (χ2v) is 11.1. The third-order valence-corrected chi connectivity index (χ3v) is 7.97. The zero-order valence-corrected chi connectivity index (χ0v) is 21.3. The smallest absolute Gasteiger partial charge is 0.242 e. The lowest BCUT2D eigenvalue weighted by Crippen LogP contribution is -2.34. The number of nitrogens with zero attached hydrogens (tertiary/aromatic N) is 2. The average molecular weight is 509 g/mol. The summed E-state index contributed by atoms with van der Waals surface area (Å²) in [4.78, 5) is 15.5. The number of aromatic nitrogens is 1. The molecule has 0 aliphatic rings. The maximum Gasteiger partial charge on any atom is 0.242 e. The molecular weight excluding hydrogens is 480 g/mol. The van der Waals surface area contributed by atoms with Crippen LogP contribution >= 0.6 is 11.6 Å². The molecule has 0 saturated carbocycles. The Morgan fingerprint density at radius 2 is 1.60 bits per heavy atom. The van der Waals surface area contributed by atoms with Gasteiger partial charge in [0.15, 0.2) is 9.84 Å². The molecular formula is C28H29ClN2O3S. The monoisotopic (exact) mass is 508 g/mol. The number of para-hydroxylation sites is 1. The Balaban J connectivity index is 1.62. The van der Waals surface area contributed by atoms with Crippen LogP contribution < -0.4 is 0 Å². The zero-order chi connectivity index (χ0) is 24.8. The Kier molecular flexibility index (Phi) is 7.93. The van der Waals surface area contributed by atoms with E-state index in [4.69, 9.17) is 11.6 Å². The summed E-state index contributed by atoms with van der Waals surface area (Å²) in [5.41, 5.74) is 2.46. The fourth-order valence-corrected chi connectivity index (χ4v) is 5.87. The summed E-state index contributed by atoms with van der Waals surface area (Å²) in [5, 5.41) is 1.18. The number of carbonyl (C=O) groups is 1. The van der Waals surface area contributed by atoms with Gasteiger partial charge < -0.3 is 9.47 Å². The molecule has 35 heavy (non-hydrogen) atoms. The molecule has 0 radical (unpaired) electrons. The van der Waals surface area contributed by atoms with E-state index in [1.165, 1.54) is 0 Å². The third kappa shape index (κ3) is 6.13. The number of fused-ring (bicyclic) bond motifs is 1. The number of amides is 1. The van der Waals surface area contributed by atoms with Crippen molar-refractivity contribution >= 4 is 38.2 Å². The maximum absolute atomic E-state index is 13.4. The molecule has 1 heterocycles. The van der Waals surface area contributed by atoms with E-state index in [-0.39, 0.29) is 23.1 Å². The second-order valence-electron chi connectivity index (χ2n) is 8.68. The Bertz CT molecular complexity index is 1400. The minimum absolute atomic E-state index is 0.0373. The molecule has 0 saturated heterocycles. The van der Waals surface area contributed by atoms with Gasteiger partial charge in [0.2, 0.25) is 5.91 Å². The molecule has 1 amide bonds. The second kappa shape index (κ2) is 11.1. The van der Waals surface area contributed by atoms with Gasteiger partial charge >= 0.3 is 0 Å². The van der Waals surface area contributed by atoms with E-state index in [2.05, 4.69) is 6.92 Å². The van der Waals surface area contributed by atoms with Crippen LogP contribution in [0.2, 0.25) is 5.02 Å². The number of hydrogen-bond acceptors (Lipinski definition) is 3. The summed E-state index contributed by atoms with van der Waals surface area (Å²) in [6, 6.07) is 24.1. The van der Waals surface area contributed by atoms with Crippen LogP contribution in [0.1, 0.15) is 30.9 Å². The average Bonchev–Trinajstić information content (AvgIpc) is 3.23. The van der Waals surface area contributed by atoms with Gasteiger partial charge in [0.1, 0.15) is 6.54 Å². The molecule has 7 heteroatoms. The van der Waals surface area contributed by atoms with Gasteiger partial charge in [-0.3, -0.25) is 4.79 Å². The van der Waals surface area contributed by atoms with Gasteiger partial charge in [-0.15, -0.1) is 0 Å². The Morgan fingerprint density at radius 3 is 2.31 bits per heavy atom. The largest absolute Gasteiger partial charge is 0.337 e. The molecule has 0 atom stereocenters. The van der Waals surface area contributed by atoms with E-state index in [1.54, 1.807) is 41.1 Å². The van der Waals surface area contributed by atoms with E-state index in [9.17, 15) is 13.2 Å². The zero-order valence-electron chi connectivity index (χ0n) is 19.7. The van der Waals surface area contributed by atoms with Gasteiger partial charge in [-0.25, -0.2) is 8.42 Å². The van der Waals surface area contributed by atoms with Crippen molar-refractivity contribution in [2.75, 3.05) is 6.54 Å². The van der Waals surface area contributed by atoms with Crippen molar-refractivity contribution < 1.29 is 13.2 Å². The molecule has 0 aliphatic heterocycles. The third-order valence-electron chi connectivity index (χ3n) is 6.01. The van der Waals surface area contributed by atoms with Gasteiger partial charge in [0, 0.05) is 35.2 Å². The summed E-state index contributed by atoms with van der Waals surface area (Å²) >= 11 is 5.95. The molecule has 4 aromatic rings. The number of benzene rings is 3. The van der Waals surface area contributed by atoms with Crippen LogP contribution in [-0.4, -0.2) is 30.3 Å². The van der Waals surface area contributed by atoms with Crippen LogP contribution in [0.4, 0.5) is 0 Å². The fraction of sp³-hybridized carbons (Fsp3) is 0.250. The molecule has 0 fully saturated rings. The Morgan fingerprint density at radius 1 is 0.914 bits per heavy atom. The first-order valence-electron chi connectivity index (χ1n) is 11.7. The first-order valence-corrected chi connectivity index (χ1v) is 13.8. The Labute approximate surface area is 211 Å². The van der Waals surface area contributed by atoms with Crippen molar-refractivity contribution in [1.82, 2.24) is 9.47 Å². The summed E-state index contributed by atoms with van der Waals surface area (Å²) < 4.78 is 28.5. The van der Waals surface area contributed by atoms with E-state index < -0.39 is 9.84 Å². The van der Waals surface area contributed by atoms with E-state index in [1.807, 2.05) is 53.4 Å². The van der Waals surface area contributed by atoms with Gasteiger partial charge in [-0.05, 0) is 35.7 Å². The Hall–Kier alpha value is -3.09. The molecule has 0 bridgehead atoms. The minimum atomic E-state index is -3.64. The van der Waals surface area contributed by atoms with Crippen molar-refractivity contribution in [3.05, 3.63) is 101 Å². The predicted molar refractivity (Wildman–Crippen MR) is 141 cm³/mol. The van der Waals surface area contributed by atoms with Gasteiger partial charge in [-0.1, -0.05) is 85.6 Å². The number of sulfone groups is 1.